The number of carbonyl (C=O) groups is 1. The Hall–Kier alpha value is -3.30. The predicted octanol–water partition coefficient (Wildman–Crippen LogP) is 4.02. The van der Waals surface area contributed by atoms with Crippen molar-refractivity contribution in [1.82, 2.24) is 4.98 Å². The predicted molar refractivity (Wildman–Crippen MR) is 126 cm³/mol. The molecular weight excluding hydrogens is 456 g/mol. The van der Waals surface area contributed by atoms with Crippen molar-refractivity contribution in [1.29, 1.82) is 0 Å². The van der Waals surface area contributed by atoms with Gasteiger partial charge in [-0.2, -0.15) is 0 Å². The van der Waals surface area contributed by atoms with Crippen LogP contribution in [0.3, 0.4) is 0 Å². The van der Waals surface area contributed by atoms with E-state index in [1.54, 1.807) is 24.3 Å². The maximum absolute atomic E-state index is 13.5. The fourth-order valence-corrected chi connectivity index (χ4v) is 4.77. The van der Waals surface area contributed by atoms with Crippen LogP contribution in [0.4, 0.5) is 4.39 Å². The normalized spacial score (nSPS) is 17.5. The number of pyridine rings is 1. The zero-order valence-electron chi connectivity index (χ0n) is 18.1. The summed E-state index contributed by atoms with van der Waals surface area (Å²) in [6, 6.07) is 18.9. The van der Waals surface area contributed by atoms with Gasteiger partial charge >= 0.3 is 5.97 Å². The van der Waals surface area contributed by atoms with Crippen molar-refractivity contribution in [3.63, 3.8) is 0 Å². The monoisotopic (exact) mass is 479 g/mol. The summed E-state index contributed by atoms with van der Waals surface area (Å²) in [5.74, 6) is 2.94. The van der Waals surface area contributed by atoms with E-state index in [-0.39, 0.29) is 11.6 Å². The van der Waals surface area contributed by atoms with Gasteiger partial charge in [0.1, 0.15) is 11.4 Å². The van der Waals surface area contributed by atoms with Crippen molar-refractivity contribution < 1.29 is 28.9 Å². The van der Waals surface area contributed by atoms with Crippen LogP contribution in [0, 0.1) is 23.6 Å². The molecule has 0 amide bonds. The quantitative estimate of drug-likeness (QED) is 0.349. The van der Waals surface area contributed by atoms with Gasteiger partial charge < -0.3 is 15.1 Å². The number of carboxylic acid groups (broad SMARTS) is 1. The molecule has 1 aliphatic rings. The minimum atomic E-state index is -3.99. The van der Waals surface area contributed by atoms with Crippen LogP contribution in [0.1, 0.15) is 24.1 Å². The standard InChI is InChI=1S/C26H23FNO5P/c27-21-13-11-19(12-14-21)17-25(31,26(24(29)30,34(32)33)16-15-18-9-10-18)23-8-4-7-22(28-23)20-5-2-1-3-6-20/h1-8,11-14,18,31,34H,9-10,17H2,(H,29,30)(H,32,33). The van der Waals surface area contributed by atoms with E-state index in [1.165, 1.54) is 30.3 Å². The Morgan fingerprint density at radius 2 is 1.74 bits per heavy atom. The van der Waals surface area contributed by atoms with Crippen molar-refractivity contribution in [2.24, 2.45) is 5.92 Å². The summed E-state index contributed by atoms with van der Waals surface area (Å²) in [5.41, 5.74) is -1.08. The molecule has 0 spiro atoms. The van der Waals surface area contributed by atoms with E-state index in [0.29, 0.717) is 11.3 Å². The number of aliphatic carboxylic acids is 1. The molecule has 34 heavy (non-hydrogen) atoms. The highest BCUT2D eigenvalue weighted by molar-refractivity contribution is 7.42. The number of aliphatic hydroxyl groups is 1. The Morgan fingerprint density at radius 1 is 1.06 bits per heavy atom. The highest BCUT2D eigenvalue weighted by Gasteiger charge is 2.62. The smallest absolute Gasteiger partial charge is 0.335 e. The van der Waals surface area contributed by atoms with Crippen molar-refractivity contribution >= 4 is 14.0 Å². The lowest BCUT2D eigenvalue weighted by Gasteiger charge is -2.39. The summed E-state index contributed by atoms with van der Waals surface area (Å²) in [7, 11) is -3.99. The summed E-state index contributed by atoms with van der Waals surface area (Å²) in [6.45, 7) is 0. The fourth-order valence-electron chi connectivity index (χ4n) is 3.84. The highest BCUT2D eigenvalue weighted by atomic mass is 31.1. The maximum Gasteiger partial charge on any atom is 0.335 e. The van der Waals surface area contributed by atoms with Gasteiger partial charge in [-0.15, -0.1) is 0 Å². The number of aromatic nitrogens is 1. The van der Waals surface area contributed by atoms with Gasteiger partial charge in [0.15, 0.2) is 0 Å². The molecule has 8 heteroatoms. The molecule has 0 bridgehead atoms. The minimum absolute atomic E-state index is 0.0845. The number of benzene rings is 2. The van der Waals surface area contributed by atoms with Gasteiger partial charge in [0.05, 0.1) is 11.4 Å². The number of halogens is 1. The first kappa shape index (κ1) is 23.8. The molecule has 174 valence electrons. The van der Waals surface area contributed by atoms with Crippen molar-refractivity contribution in [2.45, 2.75) is 30.0 Å². The number of hydrogen-bond donors (Lipinski definition) is 3. The van der Waals surface area contributed by atoms with Gasteiger partial charge in [0.25, 0.3) is 0 Å². The molecule has 2 aromatic carbocycles. The van der Waals surface area contributed by atoms with Gasteiger partial charge in [-0.25, -0.2) is 14.2 Å². The van der Waals surface area contributed by atoms with Crippen LogP contribution in [0.2, 0.25) is 0 Å². The van der Waals surface area contributed by atoms with Crippen LogP contribution >= 0.6 is 8.03 Å². The molecule has 3 atom stereocenters. The molecule has 1 heterocycles. The van der Waals surface area contributed by atoms with E-state index >= 15 is 0 Å². The molecule has 0 saturated heterocycles. The van der Waals surface area contributed by atoms with Gasteiger partial charge in [-0.1, -0.05) is 60.4 Å². The summed E-state index contributed by atoms with van der Waals surface area (Å²) in [6.07, 6.45) is 1.10. The van der Waals surface area contributed by atoms with Gasteiger partial charge in [0.2, 0.25) is 13.2 Å². The molecule has 1 fully saturated rings. The van der Waals surface area contributed by atoms with Crippen molar-refractivity contribution in [3.8, 4) is 23.1 Å². The third kappa shape index (κ3) is 4.53. The SMILES string of the molecule is O=C(O)C(C#CC1CC1)([PH](=O)O)C(O)(Cc1ccc(F)cc1)c1cccc(-c2ccccc2)n1. The summed E-state index contributed by atoms with van der Waals surface area (Å²) >= 11 is 0. The Labute approximate surface area is 197 Å². The number of hydrogen-bond acceptors (Lipinski definition) is 4. The molecule has 3 aromatic rings. The summed E-state index contributed by atoms with van der Waals surface area (Å²) in [5, 5.41) is 19.6. The Bertz CT molecular complexity index is 1270. The average molecular weight is 479 g/mol. The molecule has 4 rings (SSSR count). The Balaban J connectivity index is 1.95. The van der Waals surface area contributed by atoms with Crippen LogP contribution < -0.4 is 0 Å². The Kier molecular flexibility index (Phi) is 6.67. The molecule has 1 aliphatic carbocycles. The average Bonchev–Trinajstić information content (AvgIpc) is 3.66. The zero-order valence-corrected chi connectivity index (χ0v) is 19.1. The third-order valence-electron chi connectivity index (χ3n) is 5.92. The second-order valence-corrected chi connectivity index (χ2v) is 9.70. The van der Waals surface area contributed by atoms with E-state index < -0.39 is 37.0 Å². The summed E-state index contributed by atoms with van der Waals surface area (Å²) < 4.78 is 26.3. The largest absolute Gasteiger partial charge is 0.480 e. The van der Waals surface area contributed by atoms with E-state index in [0.717, 1.165) is 18.4 Å². The lowest BCUT2D eigenvalue weighted by atomic mass is 9.78. The van der Waals surface area contributed by atoms with Crippen LogP contribution in [0.25, 0.3) is 11.3 Å². The van der Waals surface area contributed by atoms with Crippen LogP contribution in [0.15, 0.2) is 72.8 Å². The van der Waals surface area contributed by atoms with E-state index in [1.807, 2.05) is 18.2 Å². The zero-order chi connectivity index (χ0) is 24.3. The number of carboxylic acids is 1. The van der Waals surface area contributed by atoms with Crippen LogP contribution in [0.5, 0.6) is 0 Å². The van der Waals surface area contributed by atoms with Crippen molar-refractivity contribution in [2.75, 3.05) is 0 Å². The molecule has 1 saturated carbocycles. The van der Waals surface area contributed by atoms with Crippen molar-refractivity contribution in [3.05, 3.63) is 89.9 Å². The maximum atomic E-state index is 13.5. The number of rotatable bonds is 7. The fraction of sp³-hybridized carbons (Fsp3) is 0.231. The van der Waals surface area contributed by atoms with E-state index in [2.05, 4.69) is 16.8 Å². The van der Waals surface area contributed by atoms with E-state index in [9.17, 15) is 28.9 Å². The van der Waals surface area contributed by atoms with Gasteiger partial charge in [-0.05, 0) is 42.7 Å². The molecule has 3 N–H and O–H groups in total. The highest BCUT2D eigenvalue weighted by Crippen LogP contribution is 2.51. The molecule has 1 aromatic heterocycles. The van der Waals surface area contributed by atoms with Crippen LogP contribution in [-0.2, 0) is 21.4 Å². The van der Waals surface area contributed by atoms with E-state index in [4.69, 9.17) is 0 Å². The lowest BCUT2D eigenvalue weighted by molar-refractivity contribution is -0.146. The molecule has 3 unspecified atom stereocenters. The lowest BCUT2D eigenvalue weighted by Crippen LogP contribution is -2.55. The summed E-state index contributed by atoms with van der Waals surface area (Å²) in [4.78, 5) is 27.5. The molecule has 0 aliphatic heterocycles. The van der Waals surface area contributed by atoms with Gasteiger partial charge in [-0.3, -0.25) is 4.57 Å². The van der Waals surface area contributed by atoms with Crippen LogP contribution in [-0.4, -0.2) is 31.2 Å². The van der Waals surface area contributed by atoms with Gasteiger partial charge in [0, 0.05) is 17.9 Å². The first-order chi connectivity index (χ1) is 16.3. The first-order valence-corrected chi connectivity index (χ1v) is 12.1. The second-order valence-electron chi connectivity index (χ2n) is 8.34. The minimum Gasteiger partial charge on any atom is -0.480 e. The molecular formula is C26H23FNO5P. The number of nitrogens with zero attached hydrogens (tertiary/aromatic N) is 1. The molecule has 6 nitrogen and oxygen atoms in total. The third-order valence-corrected chi connectivity index (χ3v) is 7.31. The topological polar surface area (TPSA) is 108 Å². The molecule has 0 radical (unpaired) electrons. The Morgan fingerprint density at radius 3 is 2.32 bits per heavy atom. The second kappa shape index (κ2) is 9.52. The first-order valence-electron chi connectivity index (χ1n) is 10.8.